The molecule has 0 aliphatic carbocycles. The topological polar surface area (TPSA) is 127 Å². The number of carbonyl (C=O) groups excluding carboxylic acids is 2. The van der Waals surface area contributed by atoms with Crippen LogP contribution < -0.4 is 16.4 Å². The van der Waals surface area contributed by atoms with Gasteiger partial charge in [0, 0.05) is 31.1 Å². The zero-order valence-corrected chi connectivity index (χ0v) is 11.2. The highest BCUT2D eigenvalue weighted by molar-refractivity contribution is 5.96. The van der Waals surface area contributed by atoms with Gasteiger partial charge in [0.05, 0.1) is 4.92 Å². The molecule has 8 heteroatoms. The molecule has 0 aromatic heterocycles. The standard InChI is InChI=1S/C12H16N4O4/c1-7(5-11(13)17)15-12(18)8-3-4-9(14-2)10(6-8)16(19)20/h3-4,6-7,14H,5H2,1-2H3,(H2,13,17)(H,15,18). The number of nitrogens with two attached hydrogens (primary N) is 1. The number of anilines is 1. The van der Waals surface area contributed by atoms with Gasteiger partial charge in [-0.3, -0.25) is 19.7 Å². The summed E-state index contributed by atoms with van der Waals surface area (Å²) in [6.45, 7) is 1.62. The Bertz CT molecular complexity index is 544. The van der Waals surface area contributed by atoms with Crippen LogP contribution in [0.25, 0.3) is 0 Å². The summed E-state index contributed by atoms with van der Waals surface area (Å²) in [5.41, 5.74) is 5.29. The Kier molecular flexibility index (Phi) is 5.01. The van der Waals surface area contributed by atoms with Gasteiger partial charge in [-0.2, -0.15) is 0 Å². The minimum Gasteiger partial charge on any atom is -0.383 e. The predicted octanol–water partition coefficient (Wildman–Crippen LogP) is 0.630. The fourth-order valence-electron chi connectivity index (χ4n) is 1.70. The highest BCUT2D eigenvalue weighted by atomic mass is 16.6. The van der Waals surface area contributed by atoms with Crippen LogP contribution in [0, 0.1) is 10.1 Å². The number of nitro groups is 1. The van der Waals surface area contributed by atoms with Gasteiger partial charge in [-0.05, 0) is 19.1 Å². The Morgan fingerprint density at radius 1 is 1.45 bits per heavy atom. The van der Waals surface area contributed by atoms with Crippen molar-refractivity contribution in [3.63, 3.8) is 0 Å². The van der Waals surface area contributed by atoms with Crippen molar-refractivity contribution < 1.29 is 14.5 Å². The number of amides is 2. The molecular weight excluding hydrogens is 264 g/mol. The summed E-state index contributed by atoms with van der Waals surface area (Å²) >= 11 is 0. The van der Waals surface area contributed by atoms with E-state index in [0.717, 1.165) is 0 Å². The number of rotatable bonds is 6. The van der Waals surface area contributed by atoms with E-state index in [9.17, 15) is 19.7 Å². The van der Waals surface area contributed by atoms with E-state index in [2.05, 4.69) is 10.6 Å². The second-order valence-corrected chi connectivity index (χ2v) is 4.28. The van der Waals surface area contributed by atoms with Gasteiger partial charge in [0.15, 0.2) is 0 Å². The summed E-state index contributed by atoms with van der Waals surface area (Å²) in [7, 11) is 1.55. The van der Waals surface area contributed by atoms with Gasteiger partial charge in [0.1, 0.15) is 5.69 Å². The Balaban J connectivity index is 2.91. The molecule has 0 bridgehead atoms. The van der Waals surface area contributed by atoms with Gasteiger partial charge < -0.3 is 16.4 Å². The Hall–Kier alpha value is -2.64. The molecule has 20 heavy (non-hydrogen) atoms. The summed E-state index contributed by atoms with van der Waals surface area (Å²) in [5, 5.41) is 16.1. The fraction of sp³-hybridized carbons (Fsp3) is 0.333. The van der Waals surface area contributed by atoms with Gasteiger partial charge in [-0.25, -0.2) is 0 Å². The van der Waals surface area contributed by atoms with Crippen LogP contribution in [-0.2, 0) is 4.79 Å². The quantitative estimate of drug-likeness (QED) is 0.520. The lowest BCUT2D eigenvalue weighted by atomic mass is 10.1. The van der Waals surface area contributed by atoms with Crippen LogP contribution in [-0.4, -0.2) is 29.8 Å². The van der Waals surface area contributed by atoms with Crippen molar-refractivity contribution in [2.45, 2.75) is 19.4 Å². The number of nitrogens with zero attached hydrogens (tertiary/aromatic N) is 1. The van der Waals surface area contributed by atoms with Crippen LogP contribution in [0.1, 0.15) is 23.7 Å². The molecule has 8 nitrogen and oxygen atoms in total. The van der Waals surface area contributed by atoms with Crippen LogP contribution >= 0.6 is 0 Å². The van der Waals surface area contributed by atoms with Gasteiger partial charge in [0.2, 0.25) is 5.91 Å². The van der Waals surface area contributed by atoms with Crippen molar-refractivity contribution in [3.05, 3.63) is 33.9 Å². The molecule has 0 heterocycles. The average molecular weight is 280 g/mol. The predicted molar refractivity (Wildman–Crippen MR) is 73.4 cm³/mol. The SMILES string of the molecule is CNc1ccc(C(=O)NC(C)CC(N)=O)cc1[N+](=O)[O-]. The van der Waals surface area contributed by atoms with Crippen molar-refractivity contribution in [2.24, 2.45) is 5.73 Å². The largest absolute Gasteiger partial charge is 0.383 e. The van der Waals surface area contributed by atoms with Crippen LogP contribution in [0.4, 0.5) is 11.4 Å². The number of hydrogen-bond acceptors (Lipinski definition) is 5. The fourth-order valence-corrected chi connectivity index (χ4v) is 1.70. The van der Waals surface area contributed by atoms with Crippen molar-refractivity contribution in [2.75, 3.05) is 12.4 Å². The van der Waals surface area contributed by atoms with Crippen molar-refractivity contribution in [1.29, 1.82) is 0 Å². The maximum absolute atomic E-state index is 11.9. The molecule has 1 atom stereocenters. The van der Waals surface area contributed by atoms with Crippen LogP contribution in [0.2, 0.25) is 0 Å². The number of carbonyl (C=O) groups is 2. The van der Waals surface area contributed by atoms with Gasteiger partial charge >= 0.3 is 0 Å². The van der Waals surface area contributed by atoms with Crippen molar-refractivity contribution >= 4 is 23.2 Å². The number of nitro benzene ring substituents is 1. The molecule has 2 amide bonds. The van der Waals surface area contributed by atoms with E-state index in [4.69, 9.17) is 5.73 Å². The number of nitrogens with one attached hydrogen (secondary N) is 2. The van der Waals surface area contributed by atoms with E-state index in [1.165, 1.54) is 18.2 Å². The lowest BCUT2D eigenvalue weighted by Gasteiger charge is -2.12. The van der Waals surface area contributed by atoms with E-state index >= 15 is 0 Å². The Morgan fingerprint density at radius 2 is 2.10 bits per heavy atom. The molecule has 1 aromatic rings. The monoisotopic (exact) mass is 280 g/mol. The molecule has 0 saturated heterocycles. The smallest absolute Gasteiger partial charge is 0.293 e. The molecule has 4 N–H and O–H groups in total. The molecule has 0 saturated carbocycles. The first-order valence-corrected chi connectivity index (χ1v) is 5.90. The van der Waals surface area contributed by atoms with E-state index in [1.54, 1.807) is 14.0 Å². The first-order chi connectivity index (χ1) is 9.35. The van der Waals surface area contributed by atoms with Crippen molar-refractivity contribution in [1.82, 2.24) is 5.32 Å². The first kappa shape index (κ1) is 15.4. The van der Waals surface area contributed by atoms with Crippen LogP contribution in [0.5, 0.6) is 0 Å². The Labute approximate surface area is 115 Å². The number of hydrogen-bond donors (Lipinski definition) is 3. The highest BCUT2D eigenvalue weighted by Gasteiger charge is 2.18. The summed E-state index contributed by atoms with van der Waals surface area (Å²) in [4.78, 5) is 33.0. The zero-order valence-electron chi connectivity index (χ0n) is 11.2. The lowest BCUT2D eigenvalue weighted by Crippen LogP contribution is -2.35. The van der Waals surface area contributed by atoms with E-state index in [-0.39, 0.29) is 17.7 Å². The molecule has 0 spiro atoms. The summed E-state index contributed by atoms with van der Waals surface area (Å²) in [5.74, 6) is -1.03. The third kappa shape index (κ3) is 3.94. The minimum absolute atomic E-state index is 0.00241. The van der Waals surface area contributed by atoms with Gasteiger partial charge in [-0.1, -0.05) is 0 Å². The molecule has 0 aliphatic rings. The van der Waals surface area contributed by atoms with Crippen molar-refractivity contribution in [3.8, 4) is 0 Å². The summed E-state index contributed by atoms with van der Waals surface area (Å²) in [6.07, 6.45) is 0.00241. The lowest BCUT2D eigenvalue weighted by molar-refractivity contribution is -0.384. The average Bonchev–Trinajstić information content (AvgIpc) is 2.36. The van der Waals surface area contributed by atoms with E-state index < -0.39 is 22.8 Å². The number of primary amides is 1. The summed E-state index contributed by atoms with van der Waals surface area (Å²) < 4.78 is 0. The summed E-state index contributed by atoms with van der Waals surface area (Å²) in [6, 6.07) is 3.65. The zero-order chi connectivity index (χ0) is 15.3. The Morgan fingerprint density at radius 3 is 2.60 bits per heavy atom. The second-order valence-electron chi connectivity index (χ2n) is 4.28. The number of benzene rings is 1. The van der Waals surface area contributed by atoms with Gasteiger partial charge in [-0.15, -0.1) is 0 Å². The molecular formula is C12H16N4O4. The first-order valence-electron chi connectivity index (χ1n) is 5.90. The third-order valence-electron chi connectivity index (χ3n) is 2.61. The molecule has 1 aromatic carbocycles. The molecule has 0 aliphatic heterocycles. The normalized spacial score (nSPS) is 11.5. The molecule has 1 rings (SSSR count). The third-order valence-corrected chi connectivity index (χ3v) is 2.61. The molecule has 0 fully saturated rings. The van der Waals surface area contributed by atoms with Crippen LogP contribution in [0.15, 0.2) is 18.2 Å². The molecule has 1 unspecified atom stereocenters. The van der Waals surface area contributed by atoms with Gasteiger partial charge in [0.25, 0.3) is 11.6 Å². The van der Waals surface area contributed by atoms with Crippen LogP contribution in [0.3, 0.4) is 0 Å². The highest BCUT2D eigenvalue weighted by Crippen LogP contribution is 2.24. The van der Waals surface area contributed by atoms with E-state index in [1.807, 2.05) is 0 Å². The van der Waals surface area contributed by atoms with E-state index in [0.29, 0.717) is 5.69 Å². The maximum atomic E-state index is 11.9. The second kappa shape index (κ2) is 6.50. The minimum atomic E-state index is -0.574. The maximum Gasteiger partial charge on any atom is 0.293 e. The molecule has 0 radical (unpaired) electrons. The molecule has 108 valence electrons.